The molecule has 2 heterocycles. The van der Waals surface area contributed by atoms with Gasteiger partial charge in [0.15, 0.2) is 0 Å². The van der Waals surface area contributed by atoms with Gasteiger partial charge in [-0.2, -0.15) is 0 Å². The molecule has 0 radical (unpaired) electrons. The Labute approximate surface area is 130 Å². The van der Waals surface area contributed by atoms with Crippen molar-refractivity contribution >= 4 is 21.9 Å². The Kier molecular flexibility index (Phi) is 2.91. The number of para-hydroxylation sites is 2. The van der Waals surface area contributed by atoms with Crippen molar-refractivity contribution < 1.29 is 8.83 Å². The number of benzene rings is 2. The van der Waals surface area contributed by atoms with Crippen LogP contribution in [0.4, 0.5) is 0 Å². The smallest absolute Gasteiger partial charge is 0.344 e. The number of fused-ring (bicyclic) bond motifs is 2. The fourth-order valence-electron chi connectivity index (χ4n) is 2.80. The van der Waals surface area contributed by atoms with Gasteiger partial charge in [-0.05, 0) is 24.6 Å². The van der Waals surface area contributed by atoms with Crippen LogP contribution in [0, 0.1) is 6.92 Å². The molecule has 4 aromatic rings. The Morgan fingerprint density at radius 3 is 2.52 bits per heavy atom. The SMILES string of the molecule is Cc1cc(=O)oc2c(-c3cc4ccccc4oc3=O)cccc12. The van der Waals surface area contributed by atoms with Gasteiger partial charge in [-0.25, -0.2) is 9.59 Å². The van der Waals surface area contributed by atoms with E-state index in [4.69, 9.17) is 8.83 Å². The van der Waals surface area contributed by atoms with Crippen molar-refractivity contribution in [1.29, 1.82) is 0 Å². The maximum Gasteiger partial charge on any atom is 0.344 e. The molecular formula is C19H12O4. The Bertz CT molecular complexity index is 1170. The lowest BCUT2D eigenvalue weighted by Gasteiger charge is -2.07. The van der Waals surface area contributed by atoms with Crippen LogP contribution in [0.2, 0.25) is 0 Å². The Hall–Kier alpha value is -3.14. The van der Waals surface area contributed by atoms with Crippen molar-refractivity contribution in [3.63, 3.8) is 0 Å². The van der Waals surface area contributed by atoms with Crippen molar-refractivity contribution in [3.05, 3.63) is 81.0 Å². The predicted octanol–water partition coefficient (Wildman–Crippen LogP) is 3.87. The van der Waals surface area contributed by atoms with Crippen LogP contribution in [-0.4, -0.2) is 0 Å². The van der Waals surface area contributed by atoms with Gasteiger partial charge in [0, 0.05) is 22.4 Å². The molecule has 0 N–H and O–H groups in total. The summed E-state index contributed by atoms with van der Waals surface area (Å²) < 4.78 is 10.7. The molecule has 0 spiro atoms. The average molecular weight is 304 g/mol. The molecule has 0 aliphatic heterocycles. The van der Waals surface area contributed by atoms with E-state index in [9.17, 15) is 9.59 Å². The number of hydrogen-bond donors (Lipinski definition) is 0. The minimum Gasteiger partial charge on any atom is -0.422 e. The molecule has 0 fully saturated rings. The summed E-state index contributed by atoms with van der Waals surface area (Å²) in [7, 11) is 0. The molecule has 2 aromatic carbocycles. The first-order chi connectivity index (χ1) is 11.1. The molecule has 0 amide bonds. The Balaban J connectivity index is 2.12. The zero-order valence-corrected chi connectivity index (χ0v) is 12.3. The second kappa shape index (κ2) is 4.95. The number of aryl methyl sites for hydroxylation is 1. The largest absolute Gasteiger partial charge is 0.422 e. The maximum atomic E-state index is 12.4. The van der Waals surface area contributed by atoms with Gasteiger partial charge in [-0.15, -0.1) is 0 Å². The molecule has 4 heteroatoms. The molecule has 2 aromatic heterocycles. The molecule has 112 valence electrons. The van der Waals surface area contributed by atoms with Gasteiger partial charge in [0.1, 0.15) is 11.2 Å². The van der Waals surface area contributed by atoms with Crippen LogP contribution in [0.25, 0.3) is 33.1 Å². The highest BCUT2D eigenvalue weighted by Crippen LogP contribution is 2.29. The second-order valence-corrected chi connectivity index (χ2v) is 5.42. The summed E-state index contributed by atoms with van der Waals surface area (Å²) in [5.41, 5.74) is 1.78. The van der Waals surface area contributed by atoms with Gasteiger partial charge in [-0.3, -0.25) is 0 Å². The lowest BCUT2D eigenvalue weighted by Crippen LogP contribution is -2.04. The van der Waals surface area contributed by atoms with Crippen LogP contribution in [0.5, 0.6) is 0 Å². The number of hydrogen-bond acceptors (Lipinski definition) is 4. The van der Waals surface area contributed by atoms with Crippen LogP contribution in [0.1, 0.15) is 5.56 Å². The third-order valence-corrected chi connectivity index (χ3v) is 3.91. The Morgan fingerprint density at radius 1 is 0.826 bits per heavy atom. The van der Waals surface area contributed by atoms with Crippen LogP contribution >= 0.6 is 0 Å². The van der Waals surface area contributed by atoms with Crippen LogP contribution < -0.4 is 11.3 Å². The monoisotopic (exact) mass is 304 g/mol. The van der Waals surface area contributed by atoms with E-state index in [0.717, 1.165) is 16.3 Å². The fraction of sp³-hybridized carbons (Fsp3) is 0.0526. The summed E-state index contributed by atoms with van der Waals surface area (Å²) in [6.45, 7) is 1.84. The fourth-order valence-corrected chi connectivity index (χ4v) is 2.80. The molecular weight excluding hydrogens is 292 g/mol. The molecule has 4 nitrogen and oxygen atoms in total. The molecule has 0 atom stereocenters. The van der Waals surface area contributed by atoms with Gasteiger partial charge in [0.2, 0.25) is 0 Å². The summed E-state index contributed by atoms with van der Waals surface area (Å²) in [6.07, 6.45) is 0. The topological polar surface area (TPSA) is 60.4 Å². The molecule has 0 unspecified atom stereocenters. The standard InChI is InChI=1S/C19H12O4/c1-11-9-17(20)23-18-13(11)6-4-7-14(18)15-10-12-5-2-3-8-16(12)22-19(15)21/h2-10H,1H3. The first-order valence-electron chi connectivity index (χ1n) is 7.20. The van der Waals surface area contributed by atoms with Gasteiger partial charge in [0.05, 0.1) is 5.56 Å². The van der Waals surface area contributed by atoms with E-state index < -0.39 is 11.3 Å². The maximum absolute atomic E-state index is 12.4. The molecule has 23 heavy (non-hydrogen) atoms. The van der Waals surface area contributed by atoms with E-state index in [1.165, 1.54) is 6.07 Å². The minimum absolute atomic E-state index is 0.378. The lowest BCUT2D eigenvalue weighted by molar-refractivity contribution is 0.555. The van der Waals surface area contributed by atoms with Gasteiger partial charge < -0.3 is 8.83 Å². The van der Waals surface area contributed by atoms with Gasteiger partial charge >= 0.3 is 11.3 Å². The van der Waals surface area contributed by atoms with Gasteiger partial charge in [-0.1, -0.05) is 36.4 Å². The lowest BCUT2D eigenvalue weighted by atomic mass is 10.0. The van der Waals surface area contributed by atoms with E-state index in [0.29, 0.717) is 22.3 Å². The van der Waals surface area contributed by atoms with E-state index >= 15 is 0 Å². The van der Waals surface area contributed by atoms with Crippen molar-refractivity contribution in [1.82, 2.24) is 0 Å². The summed E-state index contributed by atoms with van der Waals surface area (Å²) >= 11 is 0. The van der Waals surface area contributed by atoms with Crippen molar-refractivity contribution in [3.8, 4) is 11.1 Å². The van der Waals surface area contributed by atoms with Crippen molar-refractivity contribution in [2.24, 2.45) is 0 Å². The summed E-state index contributed by atoms with van der Waals surface area (Å²) in [5, 5.41) is 1.61. The van der Waals surface area contributed by atoms with Crippen molar-refractivity contribution in [2.45, 2.75) is 6.92 Å². The highest BCUT2D eigenvalue weighted by Gasteiger charge is 2.14. The molecule has 0 aliphatic carbocycles. The molecule has 0 saturated carbocycles. The molecule has 0 aliphatic rings. The average Bonchev–Trinajstić information content (AvgIpc) is 2.54. The van der Waals surface area contributed by atoms with Crippen molar-refractivity contribution in [2.75, 3.05) is 0 Å². The summed E-state index contributed by atoms with van der Waals surface area (Å²) in [6, 6.07) is 15.9. The molecule has 0 bridgehead atoms. The summed E-state index contributed by atoms with van der Waals surface area (Å²) in [4.78, 5) is 24.1. The minimum atomic E-state index is -0.458. The zero-order valence-electron chi connectivity index (χ0n) is 12.3. The third-order valence-electron chi connectivity index (χ3n) is 3.91. The van der Waals surface area contributed by atoms with Gasteiger partial charge in [0.25, 0.3) is 0 Å². The van der Waals surface area contributed by atoms with Crippen LogP contribution in [0.15, 0.2) is 73.0 Å². The Morgan fingerprint density at radius 2 is 1.65 bits per heavy atom. The van der Waals surface area contributed by atoms with Crippen LogP contribution in [0.3, 0.4) is 0 Å². The number of rotatable bonds is 1. The van der Waals surface area contributed by atoms with Crippen LogP contribution in [-0.2, 0) is 0 Å². The van der Waals surface area contributed by atoms with E-state index in [1.54, 1.807) is 18.2 Å². The second-order valence-electron chi connectivity index (χ2n) is 5.42. The quantitative estimate of drug-likeness (QED) is 0.501. The van der Waals surface area contributed by atoms with E-state index in [1.807, 2.05) is 37.3 Å². The normalized spacial score (nSPS) is 11.2. The zero-order chi connectivity index (χ0) is 16.0. The first kappa shape index (κ1) is 13.5. The van der Waals surface area contributed by atoms with E-state index in [-0.39, 0.29) is 0 Å². The molecule has 4 rings (SSSR count). The first-order valence-corrected chi connectivity index (χ1v) is 7.20. The summed E-state index contributed by atoms with van der Waals surface area (Å²) in [5.74, 6) is 0. The third kappa shape index (κ3) is 2.16. The highest BCUT2D eigenvalue weighted by molar-refractivity contribution is 5.95. The highest BCUT2D eigenvalue weighted by atomic mass is 16.4. The molecule has 0 saturated heterocycles. The predicted molar refractivity (Wildman–Crippen MR) is 88.7 cm³/mol. The van der Waals surface area contributed by atoms with E-state index in [2.05, 4.69) is 0 Å².